The van der Waals surface area contributed by atoms with Crippen LogP contribution in [0, 0.1) is 0 Å². The molecule has 0 aliphatic rings. The normalized spacial score (nSPS) is 9.28. The molecular formula is C34H48N4O12. The SMILES string of the molecule is CC(=O)N(C)C.CC(=O)N(C)C.CC(=O)N(C)C.CC(=O)N(C)C.O=C(O)c1cc(/C=C/c2cc(C(=O)O)cc(C(=O)O)c2)cc(C(=O)O)c1. The molecule has 0 unspecified atom stereocenters. The number of benzene rings is 2. The van der Waals surface area contributed by atoms with Gasteiger partial charge in [-0.25, -0.2) is 19.2 Å². The Bertz CT molecular complexity index is 1330. The topological polar surface area (TPSA) is 230 Å². The zero-order valence-corrected chi connectivity index (χ0v) is 30.5. The predicted molar refractivity (Wildman–Crippen MR) is 187 cm³/mol. The molecule has 0 aliphatic heterocycles. The van der Waals surface area contributed by atoms with Gasteiger partial charge in [0, 0.05) is 84.1 Å². The Morgan fingerprint density at radius 2 is 0.520 bits per heavy atom. The van der Waals surface area contributed by atoms with Gasteiger partial charge in [0.1, 0.15) is 0 Å². The average molecular weight is 705 g/mol. The second kappa shape index (κ2) is 24.1. The third-order valence-corrected chi connectivity index (χ3v) is 5.89. The van der Waals surface area contributed by atoms with Crippen LogP contribution in [-0.4, -0.2) is 144 Å². The van der Waals surface area contributed by atoms with Gasteiger partial charge >= 0.3 is 23.9 Å². The van der Waals surface area contributed by atoms with E-state index in [1.807, 2.05) is 0 Å². The molecule has 0 atom stereocenters. The lowest BCUT2D eigenvalue weighted by atomic mass is 10.0. The summed E-state index contributed by atoms with van der Waals surface area (Å²) in [5.41, 5.74) is -0.407. The molecule has 0 fully saturated rings. The molecule has 4 N–H and O–H groups in total. The van der Waals surface area contributed by atoms with Crippen LogP contribution in [0.25, 0.3) is 12.2 Å². The number of carboxylic acid groups (broad SMARTS) is 4. The number of carboxylic acids is 4. The summed E-state index contributed by atoms with van der Waals surface area (Å²) in [5, 5.41) is 36.2. The van der Waals surface area contributed by atoms with Gasteiger partial charge in [0.15, 0.2) is 0 Å². The van der Waals surface area contributed by atoms with E-state index in [4.69, 9.17) is 20.4 Å². The molecule has 4 amide bonds. The number of hydrogen-bond donors (Lipinski definition) is 4. The molecule has 2 rings (SSSR count). The van der Waals surface area contributed by atoms with E-state index in [1.165, 1.54) is 83.7 Å². The molecule has 16 heteroatoms. The number of aromatic carboxylic acids is 4. The summed E-state index contributed by atoms with van der Waals surface area (Å²) < 4.78 is 0. The minimum Gasteiger partial charge on any atom is -0.478 e. The minimum absolute atomic E-state index is 0.0926. The van der Waals surface area contributed by atoms with E-state index in [9.17, 15) is 38.4 Å². The lowest BCUT2D eigenvalue weighted by molar-refractivity contribution is -0.127. The van der Waals surface area contributed by atoms with E-state index < -0.39 is 23.9 Å². The summed E-state index contributed by atoms with van der Waals surface area (Å²) in [4.78, 5) is 90.8. The lowest BCUT2D eigenvalue weighted by Gasteiger charge is -2.03. The van der Waals surface area contributed by atoms with Crippen LogP contribution in [0.5, 0.6) is 0 Å². The van der Waals surface area contributed by atoms with Crippen molar-refractivity contribution in [3.63, 3.8) is 0 Å². The van der Waals surface area contributed by atoms with Gasteiger partial charge in [-0.05, 0) is 47.5 Å². The van der Waals surface area contributed by atoms with Crippen molar-refractivity contribution >= 4 is 59.7 Å². The van der Waals surface area contributed by atoms with Crippen LogP contribution in [0.1, 0.15) is 80.3 Å². The molecule has 16 nitrogen and oxygen atoms in total. The highest BCUT2D eigenvalue weighted by atomic mass is 16.4. The predicted octanol–water partition coefficient (Wildman–Crippen LogP) is 3.03. The highest BCUT2D eigenvalue weighted by molar-refractivity contribution is 5.97. The maximum absolute atomic E-state index is 11.1. The van der Waals surface area contributed by atoms with Crippen molar-refractivity contribution in [1.29, 1.82) is 0 Å². The highest BCUT2D eigenvalue weighted by Gasteiger charge is 2.12. The van der Waals surface area contributed by atoms with Crippen LogP contribution >= 0.6 is 0 Å². The van der Waals surface area contributed by atoms with Crippen LogP contribution < -0.4 is 0 Å². The van der Waals surface area contributed by atoms with Gasteiger partial charge in [0.25, 0.3) is 0 Å². The van der Waals surface area contributed by atoms with Gasteiger partial charge in [-0.3, -0.25) is 19.2 Å². The number of rotatable bonds is 6. The molecule has 0 spiro atoms. The van der Waals surface area contributed by atoms with Crippen LogP contribution in [0.2, 0.25) is 0 Å². The molecule has 0 radical (unpaired) electrons. The van der Waals surface area contributed by atoms with Crippen LogP contribution in [-0.2, 0) is 19.2 Å². The maximum Gasteiger partial charge on any atom is 0.335 e. The van der Waals surface area contributed by atoms with Gasteiger partial charge < -0.3 is 40.0 Å². The zero-order chi connectivity index (χ0) is 40.0. The van der Waals surface area contributed by atoms with Gasteiger partial charge in [0.05, 0.1) is 22.3 Å². The Morgan fingerprint density at radius 1 is 0.380 bits per heavy atom. The van der Waals surface area contributed by atoms with E-state index in [2.05, 4.69) is 0 Å². The molecule has 0 heterocycles. The van der Waals surface area contributed by atoms with Gasteiger partial charge in [-0.1, -0.05) is 12.2 Å². The fraction of sp³-hybridized carbons (Fsp3) is 0.353. The molecule has 0 saturated heterocycles. The molecule has 50 heavy (non-hydrogen) atoms. The summed E-state index contributed by atoms with van der Waals surface area (Å²) in [6.07, 6.45) is 2.73. The van der Waals surface area contributed by atoms with E-state index in [0.29, 0.717) is 0 Å². The monoisotopic (exact) mass is 704 g/mol. The maximum atomic E-state index is 11.1. The van der Waals surface area contributed by atoms with Gasteiger partial charge in [-0.15, -0.1) is 0 Å². The molecule has 0 aliphatic carbocycles. The Hall–Kier alpha value is -6.06. The van der Waals surface area contributed by atoms with Gasteiger partial charge in [0.2, 0.25) is 23.6 Å². The molecule has 0 bridgehead atoms. The largest absolute Gasteiger partial charge is 0.478 e. The molecule has 0 saturated carbocycles. The number of carbonyl (C=O) groups is 8. The number of amides is 4. The summed E-state index contributed by atoms with van der Waals surface area (Å²) in [6, 6.07) is 6.98. The lowest BCUT2D eigenvalue weighted by Crippen LogP contribution is -2.17. The fourth-order valence-electron chi connectivity index (χ4n) is 2.18. The quantitative estimate of drug-likeness (QED) is 0.318. The third kappa shape index (κ3) is 23.3. The molecule has 2 aromatic rings. The van der Waals surface area contributed by atoms with E-state index in [0.717, 1.165) is 12.1 Å². The van der Waals surface area contributed by atoms with Gasteiger partial charge in [-0.2, -0.15) is 0 Å². The first kappa shape index (κ1) is 48.3. The van der Waals surface area contributed by atoms with E-state index in [-0.39, 0.29) is 57.0 Å². The second-order valence-corrected chi connectivity index (χ2v) is 10.9. The Balaban J connectivity index is -0.000000742. The fourth-order valence-corrected chi connectivity index (χ4v) is 2.18. The molecular weight excluding hydrogens is 656 g/mol. The smallest absolute Gasteiger partial charge is 0.335 e. The van der Waals surface area contributed by atoms with Crippen molar-refractivity contribution in [3.8, 4) is 0 Å². The van der Waals surface area contributed by atoms with Crippen molar-refractivity contribution in [2.75, 3.05) is 56.4 Å². The van der Waals surface area contributed by atoms with Crippen molar-refractivity contribution in [1.82, 2.24) is 19.6 Å². The number of hydrogen-bond acceptors (Lipinski definition) is 8. The van der Waals surface area contributed by atoms with E-state index >= 15 is 0 Å². The minimum atomic E-state index is -1.30. The summed E-state index contributed by atoms with van der Waals surface area (Å²) in [6.45, 7) is 6.11. The molecule has 0 aromatic heterocycles. The second-order valence-electron chi connectivity index (χ2n) is 10.9. The number of carbonyl (C=O) groups excluding carboxylic acids is 4. The van der Waals surface area contributed by atoms with Crippen LogP contribution in [0.3, 0.4) is 0 Å². The van der Waals surface area contributed by atoms with Crippen molar-refractivity contribution in [3.05, 3.63) is 69.8 Å². The molecule has 276 valence electrons. The number of nitrogens with zero attached hydrogens (tertiary/aromatic N) is 4. The standard InChI is InChI=1S/C18H12O8.4C4H9NO/c19-15(20)11-3-9(4-12(7-11)16(21)22)1-2-10-5-13(17(23)24)8-14(6-10)18(25)26;4*1-4(6)5(2)3/h1-8H,(H,19,20)(H,21,22)(H,23,24)(H,25,26);4*1-3H3/b2-1+;;;;. The first-order valence-electron chi connectivity index (χ1n) is 14.4. The Morgan fingerprint density at radius 3 is 0.620 bits per heavy atom. The van der Waals surface area contributed by atoms with Crippen molar-refractivity contribution < 1.29 is 58.8 Å². The summed E-state index contributed by atoms with van der Waals surface area (Å²) in [5.74, 6) is -4.84. The van der Waals surface area contributed by atoms with E-state index in [1.54, 1.807) is 56.4 Å². The molecule has 2 aromatic carbocycles. The Labute approximate surface area is 291 Å². The first-order chi connectivity index (χ1) is 22.7. The van der Waals surface area contributed by atoms with Crippen molar-refractivity contribution in [2.24, 2.45) is 0 Å². The van der Waals surface area contributed by atoms with Crippen LogP contribution in [0.4, 0.5) is 0 Å². The van der Waals surface area contributed by atoms with Crippen molar-refractivity contribution in [2.45, 2.75) is 27.7 Å². The summed E-state index contributed by atoms with van der Waals surface area (Å²) >= 11 is 0. The third-order valence-electron chi connectivity index (χ3n) is 5.89. The Kier molecular flexibility index (Phi) is 23.3. The zero-order valence-electron chi connectivity index (χ0n) is 30.5. The van der Waals surface area contributed by atoms with Crippen LogP contribution in [0.15, 0.2) is 36.4 Å². The summed E-state index contributed by atoms with van der Waals surface area (Å²) in [7, 11) is 13.8. The highest BCUT2D eigenvalue weighted by Crippen LogP contribution is 2.17. The first-order valence-corrected chi connectivity index (χ1v) is 14.4. The average Bonchev–Trinajstić information content (AvgIpc) is 3.00.